The lowest BCUT2D eigenvalue weighted by molar-refractivity contribution is 0.501. The van der Waals surface area contributed by atoms with E-state index >= 15 is 0 Å². The molecular formula is C17H16FNO3S. The van der Waals surface area contributed by atoms with Crippen molar-refractivity contribution in [2.45, 2.75) is 24.3 Å². The number of hydrogen-bond donors (Lipinski definition) is 1. The molecule has 0 aliphatic carbocycles. The van der Waals surface area contributed by atoms with Crippen LogP contribution in [0.3, 0.4) is 0 Å². The Kier molecular flexibility index (Phi) is 4.19. The molecule has 120 valence electrons. The van der Waals surface area contributed by atoms with Gasteiger partial charge in [0.1, 0.15) is 22.1 Å². The highest BCUT2D eigenvalue weighted by atomic mass is 32.2. The van der Waals surface area contributed by atoms with Gasteiger partial charge in [-0.05, 0) is 31.2 Å². The summed E-state index contributed by atoms with van der Waals surface area (Å²) in [6.45, 7) is 1.71. The lowest BCUT2D eigenvalue weighted by atomic mass is 10.2. The molecule has 2 aromatic carbocycles. The van der Waals surface area contributed by atoms with Gasteiger partial charge in [-0.15, -0.1) is 0 Å². The summed E-state index contributed by atoms with van der Waals surface area (Å²) in [6.07, 6.45) is 0.377. The number of rotatable bonds is 5. The predicted molar refractivity (Wildman–Crippen MR) is 86.1 cm³/mol. The van der Waals surface area contributed by atoms with Gasteiger partial charge in [-0.2, -0.15) is 0 Å². The van der Waals surface area contributed by atoms with Crippen molar-refractivity contribution in [1.29, 1.82) is 0 Å². The minimum absolute atomic E-state index is 0.351. The number of para-hydroxylation sites is 1. The molecule has 0 saturated carbocycles. The molecule has 0 radical (unpaired) electrons. The minimum Gasteiger partial charge on any atom is -0.461 e. The molecule has 1 atom stereocenters. The van der Waals surface area contributed by atoms with Crippen molar-refractivity contribution in [2.75, 3.05) is 0 Å². The first-order chi connectivity index (χ1) is 11.0. The molecule has 4 nitrogen and oxygen atoms in total. The number of halogens is 1. The van der Waals surface area contributed by atoms with E-state index < -0.39 is 21.9 Å². The quantitative estimate of drug-likeness (QED) is 0.777. The van der Waals surface area contributed by atoms with Crippen molar-refractivity contribution in [3.8, 4) is 0 Å². The molecule has 0 spiro atoms. The van der Waals surface area contributed by atoms with Crippen LogP contribution < -0.4 is 4.72 Å². The van der Waals surface area contributed by atoms with Crippen LogP contribution in [-0.4, -0.2) is 14.5 Å². The first-order valence-electron chi connectivity index (χ1n) is 7.20. The average Bonchev–Trinajstić information content (AvgIpc) is 2.88. The third-order valence-electron chi connectivity index (χ3n) is 3.47. The lowest BCUT2D eigenvalue weighted by Gasteiger charge is -2.13. The highest BCUT2D eigenvalue weighted by Gasteiger charge is 2.21. The molecule has 0 amide bonds. The fourth-order valence-corrected chi connectivity index (χ4v) is 3.79. The fourth-order valence-electron chi connectivity index (χ4n) is 2.47. The van der Waals surface area contributed by atoms with Crippen LogP contribution in [0.25, 0.3) is 11.0 Å². The lowest BCUT2D eigenvalue weighted by Crippen LogP contribution is -2.34. The Morgan fingerprint density at radius 1 is 1.13 bits per heavy atom. The normalized spacial score (nSPS) is 13.3. The zero-order valence-electron chi connectivity index (χ0n) is 12.5. The molecule has 6 heteroatoms. The van der Waals surface area contributed by atoms with E-state index in [9.17, 15) is 12.8 Å². The van der Waals surface area contributed by atoms with Crippen molar-refractivity contribution in [1.82, 2.24) is 4.72 Å². The molecule has 0 unspecified atom stereocenters. The van der Waals surface area contributed by atoms with E-state index in [0.717, 1.165) is 17.0 Å². The molecule has 1 heterocycles. The van der Waals surface area contributed by atoms with Crippen LogP contribution in [0.2, 0.25) is 0 Å². The summed E-state index contributed by atoms with van der Waals surface area (Å²) in [7, 11) is -3.91. The van der Waals surface area contributed by atoms with Crippen LogP contribution in [0, 0.1) is 5.82 Å². The van der Waals surface area contributed by atoms with E-state index in [4.69, 9.17) is 4.42 Å². The van der Waals surface area contributed by atoms with E-state index in [-0.39, 0.29) is 4.90 Å². The molecule has 23 heavy (non-hydrogen) atoms. The molecule has 1 aromatic heterocycles. The van der Waals surface area contributed by atoms with Gasteiger partial charge in [-0.3, -0.25) is 0 Å². The molecule has 1 N–H and O–H groups in total. The van der Waals surface area contributed by atoms with E-state index in [1.165, 1.54) is 18.2 Å². The monoisotopic (exact) mass is 333 g/mol. The summed E-state index contributed by atoms with van der Waals surface area (Å²) >= 11 is 0. The Labute approximate surface area is 134 Å². The Balaban J connectivity index is 1.76. The maximum atomic E-state index is 13.7. The minimum atomic E-state index is -3.91. The van der Waals surface area contributed by atoms with Crippen LogP contribution in [0.4, 0.5) is 4.39 Å². The molecule has 0 fully saturated rings. The Morgan fingerprint density at radius 2 is 1.83 bits per heavy atom. The smallest absolute Gasteiger partial charge is 0.243 e. The fraction of sp³-hybridized carbons (Fsp3) is 0.176. The molecular weight excluding hydrogens is 317 g/mol. The number of hydrogen-bond acceptors (Lipinski definition) is 3. The standard InChI is InChI=1S/C17H16FNO3S/c1-12(10-14-11-13-6-2-4-8-16(13)22-14)19-23(20,21)17-9-5-3-7-15(17)18/h2-9,11-12,19H,10H2,1H3/t12-/m1/s1. The van der Waals surface area contributed by atoms with Crippen molar-refractivity contribution >= 4 is 21.0 Å². The van der Waals surface area contributed by atoms with Gasteiger partial charge in [-0.25, -0.2) is 17.5 Å². The number of sulfonamides is 1. The van der Waals surface area contributed by atoms with Crippen LogP contribution in [0.15, 0.2) is 63.9 Å². The van der Waals surface area contributed by atoms with E-state index in [0.29, 0.717) is 12.2 Å². The molecule has 0 aliphatic rings. The van der Waals surface area contributed by atoms with E-state index in [2.05, 4.69) is 4.72 Å². The van der Waals surface area contributed by atoms with Gasteiger partial charge < -0.3 is 4.42 Å². The summed E-state index contributed by atoms with van der Waals surface area (Å²) in [6, 6.07) is 14.3. The Bertz CT molecular complexity index is 901. The number of fused-ring (bicyclic) bond motifs is 1. The van der Waals surface area contributed by atoms with E-state index in [1.54, 1.807) is 6.92 Å². The van der Waals surface area contributed by atoms with Crippen molar-refractivity contribution in [3.05, 3.63) is 66.2 Å². The van der Waals surface area contributed by atoms with Gasteiger partial charge in [-0.1, -0.05) is 30.3 Å². The summed E-state index contributed by atoms with van der Waals surface area (Å²) in [4.78, 5) is -0.351. The number of nitrogens with one attached hydrogen (secondary N) is 1. The highest BCUT2D eigenvalue weighted by molar-refractivity contribution is 7.89. The SMILES string of the molecule is C[C@H](Cc1cc2ccccc2o1)NS(=O)(=O)c1ccccc1F. The Hall–Kier alpha value is -2.18. The number of furan rings is 1. The van der Waals surface area contributed by atoms with Gasteiger partial charge in [0.05, 0.1) is 0 Å². The average molecular weight is 333 g/mol. The van der Waals surface area contributed by atoms with Crippen molar-refractivity contribution in [3.63, 3.8) is 0 Å². The second-order valence-electron chi connectivity index (χ2n) is 5.41. The summed E-state index contributed by atoms with van der Waals surface area (Å²) < 4.78 is 46.3. The van der Waals surface area contributed by atoms with Gasteiger partial charge in [0.2, 0.25) is 10.0 Å². The summed E-state index contributed by atoms with van der Waals surface area (Å²) in [5.41, 5.74) is 0.756. The van der Waals surface area contributed by atoms with Gasteiger partial charge in [0.15, 0.2) is 0 Å². The second-order valence-corrected chi connectivity index (χ2v) is 7.09. The van der Waals surface area contributed by atoms with Crippen molar-refractivity contribution in [2.24, 2.45) is 0 Å². The highest BCUT2D eigenvalue weighted by Crippen LogP contribution is 2.20. The van der Waals surface area contributed by atoms with Crippen LogP contribution in [0.1, 0.15) is 12.7 Å². The van der Waals surface area contributed by atoms with Gasteiger partial charge in [0.25, 0.3) is 0 Å². The molecule has 0 aliphatic heterocycles. The summed E-state index contributed by atoms with van der Waals surface area (Å²) in [5.74, 6) is -0.0918. The van der Waals surface area contributed by atoms with Gasteiger partial charge in [0, 0.05) is 17.8 Å². The van der Waals surface area contributed by atoms with Crippen molar-refractivity contribution < 1.29 is 17.2 Å². The largest absolute Gasteiger partial charge is 0.461 e. The molecule has 3 rings (SSSR count). The predicted octanol–water partition coefficient (Wildman–Crippen LogP) is 3.48. The molecule has 3 aromatic rings. The van der Waals surface area contributed by atoms with Crippen LogP contribution in [0.5, 0.6) is 0 Å². The third kappa shape index (κ3) is 3.43. The topological polar surface area (TPSA) is 59.3 Å². The summed E-state index contributed by atoms with van der Waals surface area (Å²) in [5, 5.41) is 0.965. The Morgan fingerprint density at radius 3 is 2.57 bits per heavy atom. The van der Waals surface area contributed by atoms with Crippen LogP contribution >= 0.6 is 0 Å². The van der Waals surface area contributed by atoms with Crippen LogP contribution in [-0.2, 0) is 16.4 Å². The zero-order chi connectivity index (χ0) is 16.4. The first kappa shape index (κ1) is 15.7. The third-order valence-corrected chi connectivity index (χ3v) is 5.09. The number of benzene rings is 2. The molecule has 0 bridgehead atoms. The maximum absolute atomic E-state index is 13.7. The zero-order valence-corrected chi connectivity index (χ0v) is 13.3. The second kappa shape index (κ2) is 6.14. The first-order valence-corrected chi connectivity index (χ1v) is 8.68. The van der Waals surface area contributed by atoms with Gasteiger partial charge >= 0.3 is 0 Å². The maximum Gasteiger partial charge on any atom is 0.243 e. The van der Waals surface area contributed by atoms with E-state index in [1.807, 2.05) is 30.3 Å². The molecule has 0 saturated heterocycles.